The van der Waals surface area contributed by atoms with Crippen molar-refractivity contribution in [1.29, 1.82) is 0 Å². The molecule has 0 unspecified atom stereocenters. The molecule has 2 saturated carbocycles. The summed E-state index contributed by atoms with van der Waals surface area (Å²) < 4.78 is 0. The molecule has 0 spiro atoms. The standard InChI is InChI=1S/C19H24ClN3O2/c1-18(2)12-8-9-19(18,3)15(10-12)22-23-16(24)11-21-17(25)13-6-4-5-7-14(13)20/h4-7,12H,8-11H2,1-3H3,(H,21,25)(H,23,24)/b22-15+/t12-,19+/m0/s1. The Bertz CT molecular complexity index is 744. The van der Waals surface area contributed by atoms with Crippen molar-refractivity contribution in [3.05, 3.63) is 34.9 Å². The summed E-state index contributed by atoms with van der Waals surface area (Å²) >= 11 is 5.98. The topological polar surface area (TPSA) is 70.6 Å². The van der Waals surface area contributed by atoms with E-state index < -0.39 is 0 Å². The molecule has 3 rings (SSSR count). The van der Waals surface area contributed by atoms with Crippen LogP contribution in [-0.4, -0.2) is 24.1 Å². The maximum absolute atomic E-state index is 12.1. The van der Waals surface area contributed by atoms with Crippen molar-refractivity contribution in [1.82, 2.24) is 10.7 Å². The molecule has 6 heteroatoms. The maximum Gasteiger partial charge on any atom is 0.259 e. The van der Waals surface area contributed by atoms with Gasteiger partial charge in [-0.25, -0.2) is 5.43 Å². The quantitative estimate of drug-likeness (QED) is 0.807. The average Bonchev–Trinajstić information content (AvgIpc) is 2.91. The molecule has 25 heavy (non-hydrogen) atoms. The van der Waals surface area contributed by atoms with Gasteiger partial charge in [0.25, 0.3) is 11.8 Å². The number of nitrogens with zero attached hydrogens (tertiary/aromatic N) is 1. The first-order valence-electron chi connectivity index (χ1n) is 8.64. The van der Waals surface area contributed by atoms with E-state index in [1.807, 2.05) is 0 Å². The highest BCUT2D eigenvalue weighted by molar-refractivity contribution is 6.33. The van der Waals surface area contributed by atoms with Crippen LogP contribution in [0.25, 0.3) is 0 Å². The van der Waals surface area contributed by atoms with Crippen molar-refractivity contribution < 1.29 is 9.59 Å². The van der Waals surface area contributed by atoms with E-state index in [4.69, 9.17) is 11.6 Å². The van der Waals surface area contributed by atoms with Gasteiger partial charge in [-0.05, 0) is 42.7 Å². The number of carbonyl (C=O) groups is 2. The number of nitrogens with one attached hydrogen (secondary N) is 2. The number of rotatable bonds is 4. The SMILES string of the molecule is CC1(C)[C@H]2CC[C@]1(C)/C(=N/NC(=O)CNC(=O)c1ccccc1Cl)C2. The Morgan fingerprint density at radius 3 is 2.60 bits per heavy atom. The molecular weight excluding hydrogens is 338 g/mol. The summed E-state index contributed by atoms with van der Waals surface area (Å²) in [7, 11) is 0. The van der Waals surface area contributed by atoms with Gasteiger partial charge in [-0.3, -0.25) is 9.59 Å². The Morgan fingerprint density at radius 2 is 2.00 bits per heavy atom. The van der Waals surface area contributed by atoms with Crippen LogP contribution in [0, 0.1) is 16.7 Å². The lowest BCUT2D eigenvalue weighted by atomic mass is 9.70. The Morgan fingerprint density at radius 1 is 1.28 bits per heavy atom. The number of hydrazone groups is 1. The molecule has 2 atom stereocenters. The van der Waals surface area contributed by atoms with Gasteiger partial charge >= 0.3 is 0 Å². The fraction of sp³-hybridized carbons (Fsp3) is 0.526. The van der Waals surface area contributed by atoms with Crippen LogP contribution >= 0.6 is 11.6 Å². The second-order valence-electron chi connectivity index (χ2n) is 7.75. The third kappa shape index (κ3) is 3.06. The molecule has 0 heterocycles. The molecule has 2 N–H and O–H groups in total. The summed E-state index contributed by atoms with van der Waals surface area (Å²) in [6.45, 7) is 6.69. The largest absolute Gasteiger partial charge is 0.343 e. The van der Waals surface area contributed by atoms with Crippen LogP contribution in [0.2, 0.25) is 5.02 Å². The van der Waals surface area contributed by atoms with Crippen molar-refractivity contribution in [2.24, 2.45) is 21.8 Å². The van der Waals surface area contributed by atoms with E-state index in [2.05, 4.69) is 36.6 Å². The van der Waals surface area contributed by atoms with Gasteiger partial charge in [0.1, 0.15) is 0 Å². The average molecular weight is 362 g/mol. The zero-order chi connectivity index (χ0) is 18.2. The molecule has 1 aromatic carbocycles. The number of amides is 2. The summed E-state index contributed by atoms with van der Waals surface area (Å²) in [5.74, 6) is -0.0772. The van der Waals surface area contributed by atoms with E-state index >= 15 is 0 Å². The highest BCUT2D eigenvalue weighted by Gasteiger charge is 2.59. The monoisotopic (exact) mass is 361 g/mol. The third-order valence-corrected chi connectivity index (χ3v) is 6.69. The normalized spacial score (nSPS) is 28.2. The van der Waals surface area contributed by atoms with Crippen molar-refractivity contribution in [2.45, 2.75) is 40.0 Å². The van der Waals surface area contributed by atoms with Crippen LogP contribution < -0.4 is 10.7 Å². The molecule has 0 saturated heterocycles. The Labute approximate surface area is 153 Å². The highest BCUT2D eigenvalue weighted by Crippen LogP contribution is 2.63. The number of benzene rings is 1. The van der Waals surface area contributed by atoms with E-state index in [0.29, 0.717) is 16.5 Å². The fourth-order valence-corrected chi connectivity index (χ4v) is 4.39. The first kappa shape index (κ1) is 17.9. The summed E-state index contributed by atoms with van der Waals surface area (Å²) in [6, 6.07) is 6.73. The molecule has 0 aromatic heterocycles. The Kier molecular flexibility index (Phi) is 4.62. The first-order chi connectivity index (χ1) is 11.8. The molecule has 2 aliphatic rings. The summed E-state index contributed by atoms with van der Waals surface area (Å²) in [4.78, 5) is 24.1. The van der Waals surface area contributed by atoms with Crippen molar-refractivity contribution in [2.75, 3.05) is 6.54 Å². The Balaban J connectivity index is 1.56. The number of fused-ring (bicyclic) bond motifs is 2. The molecular formula is C19H24ClN3O2. The molecule has 2 fully saturated rings. The second kappa shape index (κ2) is 6.45. The summed E-state index contributed by atoms with van der Waals surface area (Å²) in [5.41, 5.74) is 4.28. The van der Waals surface area contributed by atoms with Gasteiger partial charge < -0.3 is 5.32 Å². The van der Waals surface area contributed by atoms with E-state index in [0.717, 1.165) is 18.6 Å². The molecule has 2 aliphatic carbocycles. The van der Waals surface area contributed by atoms with Crippen LogP contribution in [0.15, 0.2) is 29.4 Å². The van der Waals surface area contributed by atoms with Gasteiger partial charge in [0.15, 0.2) is 0 Å². The van der Waals surface area contributed by atoms with Gasteiger partial charge in [0.2, 0.25) is 0 Å². The minimum Gasteiger partial charge on any atom is -0.343 e. The second-order valence-corrected chi connectivity index (χ2v) is 8.16. The molecule has 2 amide bonds. The van der Waals surface area contributed by atoms with E-state index in [9.17, 15) is 9.59 Å². The predicted octanol–water partition coefficient (Wildman–Crippen LogP) is 3.39. The highest BCUT2D eigenvalue weighted by atomic mass is 35.5. The van der Waals surface area contributed by atoms with Crippen molar-refractivity contribution >= 4 is 29.1 Å². The summed E-state index contributed by atoms with van der Waals surface area (Å²) in [5, 5.41) is 7.31. The number of hydrogen-bond donors (Lipinski definition) is 2. The molecule has 0 aliphatic heterocycles. The van der Waals surface area contributed by atoms with E-state index in [1.54, 1.807) is 24.3 Å². The van der Waals surface area contributed by atoms with Crippen LogP contribution in [0.3, 0.4) is 0 Å². The molecule has 0 radical (unpaired) electrons. The third-order valence-electron chi connectivity index (χ3n) is 6.36. The van der Waals surface area contributed by atoms with Gasteiger partial charge in [-0.2, -0.15) is 5.10 Å². The van der Waals surface area contributed by atoms with E-state index in [1.165, 1.54) is 6.42 Å². The lowest BCUT2D eigenvalue weighted by Gasteiger charge is -2.34. The minimum atomic E-state index is -0.374. The van der Waals surface area contributed by atoms with Gasteiger partial charge in [-0.1, -0.05) is 44.5 Å². The van der Waals surface area contributed by atoms with Crippen LogP contribution in [0.4, 0.5) is 0 Å². The molecule has 5 nitrogen and oxygen atoms in total. The van der Waals surface area contributed by atoms with E-state index in [-0.39, 0.29) is 29.2 Å². The lowest BCUT2D eigenvalue weighted by Crippen LogP contribution is -2.37. The Hall–Kier alpha value is -1.88. The zero-order valence-electron chi connectivity index (χ0n) is 14.9. The van der Waals surface area contributed by atoms with Crippen LogP contribution in [0.5, 0.6) is 0 Å². The van der Waals surface area contributed by atoms with Crippen molar-refractivity contribution in [3.8, 4) is 0 Å². The minimum absolute atomic E-state index is 0.0474. The summed E-state index contributed by atoms with van der Waals surface area (Å²) in [6.07, 6.45) is 3.28. The molecule has 1 aromatic rings. The number of hydrogen-bond acceptors (Lipinski definition) is 3. The molecule has 2 bridgehead atoms. The lowest BCUT2D eigenvalue weighted by molar-refractivity contribution is -0.120. The van der Waals surface area contributed by atoms with Crippen LogP contribution in [-0.2, 0) is 4.79 Å². The maximum atomic E-state index is 12.1. The number of carbonyl (C=O) groups excluding carboxylic acids is 2. The van der Waals surface area contributed by atoms with Crippen LogP contribution in [0.1, 0.15) is 50.4 Å². The van der Waals surface area contributed by atoms with Gasteiger partial charge in [0.05, 0.1) is 17.1 Å². The van der Waals surface area contributed by atoms with Gasteiger partial charge in [0, 0.05) is 11.1 Å². The van der Waals surface area contributed by atoms with Gasteiger partial charge in [-0.15, -0.1) is 0 Å². The van der Waals surface area contributed by atoms with Crippen molar-refractivity contribution in [3.63, 3.8) is 0 Å². The molecule has 134 valence electrons. The number of halogens is 1. The zero-order valence-corrected chi connectivity index (χ0v) is 15.6. The smallest absolute Gasteiger partial charge is 0.259 e. The predicted molar refractivity (Wildman–Crippen MR) is 98.6 cm³/mol. The fourth-order valence-electron chi connectivity index (χ4n) is 4.17. The first-order valence-corrected chi connectivity index (χ1v) is 9.02.